The first kappa shape index (κ1) is 39.2. The van der Waals surface area contributed by atoms with Crippen molar-refractivity contribution in [2.24, 2.45) is 16.7 Å². The Bertz CT molecular complexity index is 1730. The molecule has 0 radical (unpaired) electrons. The Morgan fingerprint density at radius 2 is 1.81 bits per heavy atom. The fourth-order valence-corrected chi connectivity index (χ4v) is 9.47. The summed E-state index contributed by atoms with van der Waals surface area (Å²) >= 11 is 0. The van der Waals surface area contributed by atoms with E-state index in [4.69, 9.17) is 9.47 Å². The van der Waals surface area contributed by atoms with Crippen molar-refractivity contribution < 1.29 is 37.1 Å². The number of amides is 4. The van der Waals surface area contributed by atoms with Gasteiger partial charge in [-0.15, -0.1) is 0 Å². The molecule has 13 nitrogen and oxygen atoms in total. The van der Waals surface area contributed by atoms with Gasteiger partial charge in [0, 0.05) is 25.4 Å². The lowest BCUT2D eigenvalue weighted by Crippen LogP contribution is -2.68. The van der Waals surface area contributed by atoms with Crippen LogP contribution in [-0.2, 0) is 53.4 Å². The number of sulfonamides is 1. The molecule has 4 amide bonds. The molecular weight excluding hydrogens is 699 g/mol. The third-order valence-electron chi connectivity index (χ3n) is 11.5. The molecule has 0 aromatic heterocycles. The zero-order valence-corrected chi connectivity index (χ0v) is 32.9. The van der Waals surface area contributed by atoms with Gasteiger partial charge < -0.3 is 19.7 Å². The van der Waals surface area contributed by atoms with Gasteiger partial charge in [-0.25, -0.2) is 13.2 Å². The molecule has 2 fully saturated rings. The number of carbonyl (C=O) groups excluding carboxylic acids is 4. The average Bonchev–Trinajstić information content (AvgIpc) is 3.71. The fourth-order valence-electron chi connectivity index (χ4n) is 8.12. The Morgan fingerprint density at radius 1 is 1.08 bits per heavy atom. The van der Waals surface area contributed by atoms with Crippen LogP contribution in [0.3, 0.4) is 0 Å². The maximum Gasteiger partial charge on any atom is 0.410 e. The lowest BCUT2D eigenvalue weighted by Gasteiger charge is -2.43. The van der Waals surface area contributed by atoms with E-state index in [1.165, 1.54) is 16.5 Å². The topological polar surface area (TPSA) is 163 Å². The third-order valence-corrected chi connectivity index (χ3v) is 13.3. The van der Waals surface area contributed by atoms with E-state index < -0.39 is 68.2 Å². The minimum atomic E-state index is -3.89. The Hall–Kier alpha value is -3.49. The summed E-state index contributed by atoms with van der Waals surface area (Å²) in [6, 6.07) is 4.34. The van der Waals surface area contributed by atoms with Crippen LogP contribution < -0.4 is 15.4 Å². The SMILES string of the molecule is CC[C@@H]1C=C[C@]1(NC(=O)[C@@H]1C[C@@H]2CN1C(=O)[C@H](C(C)(C)C)NCOCC(C)(C)CCCCc1cccc3c1CN(C3)C(=O)O2)C(=O)NS(=O)(=O)C1CC1. The molecule has 292 valence electrons. The van der Waals surface area contributed by atoms with Crippen molar-refractivity contribution in [3.05, 3.63) is 47.0 Å². The van der Waals surface area contributed by atoms with Gasteiger partial charge in [0.25, 0.3) is 5.91 Å². The van der Waals surface area contributed by atoms with Crippen LogP contribution in [0.1, 0.15) is 103 Å². The van der Waals surface area contributed by atoms with E-state index in [1.807, 2.05) is 39.8 Å². The second kappa shape index (κ2) is 15.0. The molecule has 5 atom stereocenters. The summed E-state index contributed by atoms with van der Waals surface area (Å²) in [4.78, 5) is 59.4. The number of ether oxygens (including phenoxy) is 2. The molecule has 14 heteroatoms. The number of nitrogens with zero attached hydrogens (tertiary/aromatic N) is 2. The Morgan fingerprint density at radius 3 is 2.47 bits per heavy atom. The first-order chi connectivity index (χ1) is 24.9. The highest BCUT2D eigenvalue weighted by molar-refractivity contribution is 7.91. The second-order valence-electron chi connectivity index (χ2n) is 17.4. The second-order valence-corrected chi connectivity index (χ2v) is 19.4. The monoisotopic (exact) mass is 755 g/mol. The van der Waals surface area contributed by atoms with Crippen LogP contribution in [0.2, 0.25) is 0 Å². The minimum absolute atomic E-state index is 0.00941. The predicted octanol–water partition coefficient (Wildman–Crippen LogP) is 3.90. The van der Waals surface area contributed by atoms with Gasteiger partial charge >= 0.3 is 6.09 Å². The number of rotatable bonds is 6. The molecular formula is C39H57N5O8S. The zero-order valence-electron chi connectivity index (χ0n) is 32.0. The molecule has 3 aliphatic heterocycles. The lowest BCUT2D eigenvalue weighted by atomic mass is 9.72. The number of hydrogen-bond donors (Lipinski definition) is 3. The van der Waals surface area contributed by atoms with Gasteiger partial charge in [0.2, 0.25) is 21.8 Å². The molecule has 1 saturated heterocycles. The van der Waals surface area contributed by atoms with Crippen molar-refractivity contribution in [2.75, 3.05) is 19.9 Å². The summed E-state index contributed by atoms with van der Waals surface area (Å²) < 4.78 is 40.0. The quantitative estimate of drug-likeness (QED) is 0.366. The largest absolute Gasteiger partial charge is 0.444 e. The summed E-state index contributed by atoms with van der Waals surface area (Å²) in [5, 5.41) is 5.53. The highest BCUT2D eigenvalue weighted by Gasteiger charge is 2.54. The Kier molecular flexibility index (Phi) is 11.1. The van der Waals surface area contributed by atoms with Crippen molar-refractivity contribution in [3.8, 4) is 0 Å². The number of hydrogen-bond acceptors (Lipinski definition) is 9. The van der Waals surface area contributed by atoms with E-state index in [0.29, 0.717) is 39.0 Å². The van der Waals surface area contributed by atoms with Crippen molar-refractivity contribution in [3.63, 3.8) is 0 Å². The molecule has 5 aliphatic rings. The molecule has 53 heavy (non-hydrogen) atoms. The van der Waals surface area contributed by atoms with Gasteiger partial charge in [-0.3, -0.25) is 29.3 Å². The molecule has 0 spiro atoms. The van der Waals surface area contributed by atoms with E-state index in [9.17, 15) is 27.6 Å². The van der Waals surface area contributed by atoms with Gasteiger partial charge in [-0.1, -0.05) is 78.3 Å². The molecule has 1 saturated carbocycles. The number of benzene rings is 1. The highest BCUT2D eigenvalue weighted by atomic mass is 32.2. The van der Waals surface area contributed by atoms with Crippen LogP contribution in [0.4, 0.5) is 4.79 Å². The molecule has 1 aromatic carbocycles. The fraction of sp³-hybridized carbons (Fsp3) is 0.692. The van der Waals surface area contributed by atoms with Crippen molar-refractivity contribution in [2.45, 2.75) is 135 Å². The van der Waals surface area contributed by atoms with E-state index in [1.54, 1.807) is 11.0 Å². The van der Waals surface area contributed by atoms with Gasteiger partial charge in [0.1, 0.15) is 17.7 Å². The van der Waals surface area contributed by atoms with Crippen molar-refractivity contribution >= 4 is 33.8 Å². The van der Waals surface area contributed by atoms with E-state index in [-0.39, 0.29) is 31.0 Å². The van der Waals surface area contributed by atoms with Crippen molar-refractivity contribution in [1.29, 1.82) is 0 Å². The van der Waals surface area contributed by atoms with E-state index in [2.05, 4.69) is 35.3 Å². The van der Waals surface area contributed by atoms with Gasteiger partial charge in [-0.05, 0) is 66.0 Å². The van der Waals surface area contributed by atoms with Crippen LogP contribution in [0.5, 0.6) is 0 Å². The maximum atomic E-state index is 14.6. The predicted molar refractivity (Wildman–Crippen MR) is 198 cm³/mol. The molecule has 6 rings (SSSR count). The Labute approximate surface area is 314 Å². The molecule has 3 N–H and O–H groups in total. The molecule has 1 aromatic rings. The number of aryl methyl sites for hydroxylation is 1. The minimum Gasteiger partial charge on any atom is -0.444 e. The summed E-state index contributed by atoms with van der Waals surface area (Å²) in [5.41, 5.74) is 1.18. The number of nitrogens with one attached hydrogen (secondary N) is 3. The zero-order chi connectivity index (χ0) is 38.3. The lowest BCUT2D eigenvalue weighted by molar-refractivity contribution is -0.144. The smallest absolute Gasteiger partial charge is 0.410 e. The summed E-state index contributed by atoms with van der Waals surface area (Å²) in [6.07, 6.45) is 7.32. The van der Waals surface area contributed by atoms with Crippen LogP contribution in [-0.4, -0.2) is 90.9 Å². The summed E-state index contributed by atoms with van der Waals surface area (Å²) in [5.74, 6) is -2.26. The number of fused-ring (bicyclic) bond motifs is 3. The van der Waals surface area contributed by atoms with Gasteiger partial charge in [0.05, 0.1) is 31.2 Å². The molecule has 4 bridgehead atoms. The van der Waals surface area contributed by atoms with Crippen LogP contribution in [0.25, 0.3) is 0 Å². The summed E-state index contributed by atoms with van der Waals surface area (Å²) in [6.45, 7) is 13.4. The van der Waals surface area contributed by atoms with Gasteiger partial charge in [-0.2, -0.15) is 0 Å². The standard InChI is InChI=1S/C39H57N5O8S/c1-7-27-16-18-39(27,35(47)42-53(49,50)29-14-15-29)41-33(45)31-19-28-21-44(31)34(46)32(37(2,3)4)40-24-51-23-38(5,6)17-9-8-11-25-12-10-13-26-20-43(22-30(25)26)36(48)52-28/h10,12-13,16,18,27-29,31-32,40H,7-9,11,14-15,17,19-24H2,1-6H3,(H,41,45)(H,42,47)/t27-,28-,31+,32-,39-/m1/s1. The normalized spacial score (nSPS) is 29.6. The third kappa shape index (κ3) is 8.44. The average molecular weight is 756 g/mol. The van der Waals surface area contributed by atoms with Crippen molar-refractivity contribution in [1.82, 2.24) is 25.2 Å². The highest BCUT2D eigenvalue weighted by Crippen LogP contribution is 2.37. The van der Waals surface area contributed by atoms with Crippen LogP contribution in [0, 0.1) is 16.7 Å². The van der Waals surface area contributed by atoms with E-state index >= 15 is 0 Å². The number of carbonyl (C=O) groups is 4. The molecule has 0 unspecified atom stereocenters. The first-order valence-corrected chi connectivity index (χ1v) is 20.7. The summed E-state index contributed by atoms with van der Waals surface area (Å²) in [7, 11) is -3.89. The molecule has 3 heterocycles. The first-order valence-electron chi connectivity index (χ1n) is 19.2. The van der Waals surface area contributed by atoms with Crippen LogP contribution in [0.15, 0.2) is 30.4 Å². The maximum absolute atomic E-state index is 14.6. The van der Waals surface area contributed by atoms with Crippen LogP contribution >= 0.6 is 0 Å². The Balaban J connectivity index is 1.27. The molecule has 2 aliphatic carbocycles. The van der Waals surface area contributed by atoms with Gasteiger partial charge in [0.15, 0.2) is 0 Å². The van der Waals surface area contributed by atoms with E-state index in [0.717, 1.165) is 36.8 Å².